The number of hydrogen-bond acceptors (Lipinski definition) is 3. The lowest BCUT2D eigenvalue weighted by Crippen LogP contribution is -2.39. The van der Waals surface area contributed by atoms with E-state index in [9.17, 15) is 0 Å². The van der Waals surface area contributed by atoms with Crippen molar-refractivity contribution in [3.8, 4) is 0 Å². The highest BCUT2D eigenvalue weighted by atomic mass is 16.7. The van der Waals surface area contributed by atoms with Gasteiger partial charge in [0.15, 0.2) is 5.79 Å². The van der Waals surface area contributed by atoms with E-state index < -0.39 is 5.79 Å². The quantitative estimate of drug-likeness (QED) is 0.921. The van der Waals surface area contributed by atoms with Gasteiger partial charge in [0.25, 0.3) is 0 Å². The van der Waals surface area contributed by atoms with Crippen LogP contribution in [-0.4, -0.2) is 31.1 Å². The van der Waals surface area contributed by atoms with Crippen molar-refractivity contribution in [2.75, 3.05) is 13.2 Å². The van der Waals surface area contributed by atoms with Gasteiger partial charge in [-0.15, -0.1) is 0 Å². The molecule has 0 radical (unpaired) electrons. The van der Waals surface area contributed by atoms with Crippen LogP contribution in [0.2, 0.25) is 0 Å². The number of nitrogens with one attached hydrogen (secondary N) is 1. The molecular weight excluding hydrogens is 262 g/mol. The standard InChI is InChI=1S/C18H27NO2/c1-18(2)20-13-17(21-18)12-19-16-10-8-15(9-11-16)14-6-4-3-5-7-14/h3-7,15-17,19H,8-13H2,1-2H3. The molecule has 2 aliphatic rings. The fourth-order valence-electron chi connectivity index (χ4n) is 3.52. The van der Waals surface area contributed by atoms with Crippen LogP contribution in [0.5, 0.6) is 0 Å². The van der Waals surface area contributed by atoms with Crippen molar-refractivity contribution in [2.24, 2.45) is 0 Å². The van der Waals surface area contributed by atoms with Crippen molar-refractivity contribution in [1.29, 1.82) is 0 Å². The molecule has 1 aliphatic heterocycles. The Morgan fingerprint density at radius 1 is 1.10 bits per heavy atom. The lowest BCUT2D eigenvalue weighted by Gasteiger charge is -2.30. The summed E-state index contributed by atoms with van der Waals surface area (Å²) < 4.78 is 11.5. The predicted molar refractivity (Wildman–Crippen MR) is 84.3 cm³/mol. The van der Waals surface area contributed by atoms with Crippen molar-refractivity contribution in [3.05, 3.63) is 35.9 Å². The van der Waals surface area contributed by atoms with Crippen molar-refractivity contribution in [3.63, 3.8) is 0 Å². The first-order chi connectivity index (χ1) is 10.1. The Hall–Kier alpha value is -0.900. The Balaban J connectivity index is 1.40. The summed E-state index contributed by atoms with van der Waals surface area (Å²) in [7, 11) is 0. The van der Waals surface area contributed by atoms with E-state index >= 15 is 0 Å². The minimum absolute atomic E-state index is 0.201. The maximum Gasteiger partial charge on any atom is 0.163 e. The first-order valence-corrected chi connectivity index (χ1v) is 8.22. The molecule has 0 bridgehead atoms. The van der Waals surface area contributed by atoms with Crippen LogP contribution in [0.1, 0.15) is 51.0 Å². The van der Waals surface area contributed by atoms with Gasteiger partial charge in [0.2, 0.25) is 0 Å². The number of ether oxygens (including phenoxy) is 2. The van der Waals surface area contributed by atoms with Gasteiger partial charge in [-0.25, -0.2) is 0 Å². The molecule has 0 amide bonds. The molecule has 1 aromatic rings. The highest BCUT2D eigenvalue weighted by Crippen LogP contribution is 2.32. The molecule has 2 fully saturated rings. The zero-order chi connectivity index (χ0) is 14.7. The summed E-state index contributed by atoms with van der Waals surface area (Å²) in [6.07, 6.45) is 5.30. The van der Waals surface area contributed by atoms with E-state index in [1.165, 1.54) is 31.2 Å². The summed E-state index contributed by atoms with van der Waals surface area (Å²) in [5.74, 6) is 0.339. The van der Waals surface area contributed by atoms with E-state index in [-0.39, 0.29) is 6.10 Å². The Morgan fingerprint density at radius 2 is 1.81 bits per heavy atom. The van der Waals surface area contributed by atoms with Crippen LogP contribution in [-0.2, 0) is 9.47 Å². The minimum atomic E-state index is -0.405. The van der Waals surface area contributed by atoms with Crippen molar-refractivity contribution < 1.29 is 9.47 Å². The molecule has 0 spiro atoms. The molecule has 1 N–H and O–H groups in total. The third kappa shape index (κ3) is 4.06. The summed E-state index contributed by atoms with van der Waals surface area (Å²) in [5, 5.41) is 3.67. The summed E-state index contributed by atoms with van der Waals surface area (Å²) in [6.45, 7) is 5.58. The van der Waals surface area contributed by atoms with Crippen LogP contribution >= 0.6 is 0 Å². The maximum absolute atomic E-state index is 5.85. The molecule has 21 heavy (non-hydrogen) atoms. The van der Waals surface area contributed by atoms with E-state index in [4.69, 9.17) is 9.47 Å². The third-order valence-corrected chi connectivity index (χ3v) is 4.70. The Kier molecular flexibility index (Phi) is 4.63. The van der Waals surface area contributed by atoms with Gasteiger partial charge in [0.05, 0.1) is 12.7 Å². The maximum atomic E-state index is 5.85. The lowest BCUT2D eigenvalue weighted by atomic mass is 9.82. The van der Waals surface area contributed by atoms with Gasteiger partial charge in [-0.3, -0.25) is 0 Å². The smallest absolute Gasteiger partial charge is 0.163 e. The van der Waals surface area contributed by atoms with E-state index in [1.54, 1.807) is 0 Å². The molecule has 1 saturated carbocycles. The van der Waals surface area contributed by atoms with E-state index in [0.717, 1.165) is 12.5 Å². The highest BCUT2D eigenvalue weighted by molar-refractivity contribution is 5.20. The summed E-state index contributed by atoms with van der Waals surface area (Å²) >= 11 is 0. The molecule has 116 valence electrons. The predicted octanol–water partition coefficient (Wildman–Crippen LogP) is 3.45. The fourth-order valence-corrected chi connectivity index (χ4v) is 3.52. The third-order valence-electron chi connectivity index (χ3n) is 4.70. The van der Waals surface area contributed by atoms with Crippen molar-refractivity contribution >= 4 is 0 Å². The average molecular weight is 289 g/mol. The van der Waals surface area contributed by atoms with E-state index in [2.05, 4.69) is 35.6 Å². The molecule has 0 aromatic heterocycles. The molecular formula is C18H27NO2. The molecule has 1 aromatic carbocycles. The first-order valence-electron chi connectivity index (χ1n) is 8.22. The Labute approximate surface area is 128 Å². The van der Waals surface area contributed by atoms with Crippen LogP contribution in [0.4, 0.5) is 0 Å². The molecule has 3 nitrogen and oxygen atoms in total. The molecule has 3 rings (SSSR count). The lowest BCUT2D eigenvalue weighted by molar-refractivity contribution is -0.137. The SMILES string of the molecule is CC1(C)OCC(CNC2CCC(c3ccccc3)CC2)O1. The zero-order valence-corrected chi connectivity index (χ0v) is 13.2. The van der Waals surface area contributed by atoms with Gasteiger partial charge in [-0.05, 0) is 51.0 Å². The molecule has 1 aliphatic carbocycles. The molecule has 1 atom stereocenters. The van der Waals surface area contributed by atoms with Crippen LogP contribution in [0.3, 0.4) is 0 Å². The first kappa shape index (κ1) is 15.0. The van der Waals surface area contributed by atoms with E-state index in [0.29, 0.717) is 12.6 Å². The Bertz CT molecular complexity index is 438. The summed E-state index contributed by atoms with van der Waals surface area (Å²) in [4.78, 5) is 0. The van der Waals surface area contributed by atoms with Crippen LogP contribution < -0.4 is 5.32 Å². The second-order valence-corrected chi connectivity index (χ2v) is 6.82. The van der Waals surface area contributed by atoms with Gasteiger partial charge in [0, 0.05) is 12.6 Å². The second kappa shape index (κ2) is 6.47. The summed E-state index contributed by atoms with van der Waals surface area (Å²) in [5.41, 5.74) is 1.50. The average Bonchev–Trinajstić information content (AvgIpc) is 2.86. The monoisotopic (exact) mass is 289 g/mol. The Morgan fingerprint density at radius 3 is 2.43 bits per heavy atom. The van der Waals surface area contributed by atoms with E-state index in [1.807, 2.05) is 13.8 Å². The van der Waals surface area contributed by atoms with Gasteiger partial charge in [-0.1, -0.05) is 30.3 Å². The van der Waals surface area contributed by atoms with Crippen molar-refractivity contribution in [2.45, 2.75) is 63.4 Å². The number of benzene rings is 1. The highest BCUT2D eigenvalue weighted by Gasteiger charge is 2.33. The molecule has 1 heterocycles. The fraction of sp³-hybridized carbons (Fsp3) is 0.667. The van der Waals surface area contributed by atoms with Crippen LogP contribution in [0.15, 0.2) is 30.3 Å². The molecule has 3 heteroatoms. The van der Waals surface area contributed by atoms with Gasteiger partial charge < -0.3 is 14.8 Å². The van der Waals surface area contributed by atoms with Crippen molar-refractivity contribution in [1.82, 2.24) is 5.32 Å². The normalized spacial score (nSPS) is 32.2. The van der Waals surface area contributed by atoms with Gasteiger partial charge in [-0.2, -0.15) is 0 Å². The summed E-state index contributed by atoms with van der Waals surface area (Å²) in [6, 6.07) is 11.6. The van der Waals surface area contributed by atoms with Crippen LogP contribution in [0, 0.1) is 0 Å². The zero-order valence-electron chi connectivity index (χ0n) is 13.2. The molecule has 1 unspecified atom stereocenters. The van der Waals surface area contributed by atoms with Gasteiger partial charge >= 0.3 is 0 Å². The second-order valence-electron chi connectivity index (χ2n) is 6.82. The number of hydrogen-bond donors (Lipinski definition) is 1. The van der Waals surface area contributed by atoms with Crippen LogP contribution in [0.25, 0.3) is 0 Å². The largest absolute Gasteiger partial charge is 0.348 e. The molecule has 1 saturated heterocycles. The van der Waals surface area contributed by atoms with Gasteiger partial charge in [0.1, 0.15) is 0 Å². The topological polar surface area (TPSA) is 30.5 Å². The minimum Gasteiger partial charge on any atom is -0.348 e. The number of rotatable bonds is 4.